The lowest BCUT2D eigenvalue weighted by atomic mass is 10.0. The minimum atomic E-state index is -2.83. The predicted octanol–water partition coefficient (Wildman–Crippen LogP) is 2.65. The van der Waals surface area contributed by atoms with Gasteiger partial charge in [-0.3, -0.25) is 14.9 Å². The zero-order valence-electron chi connectivity index (χ0n) is 7.74. The molecular weight excluding hydrogens is 208 g/mol. The zero-order valence-corrected chi connectivity index (χ0v) is 7.74. The van der Waals surface area contributed by atoms with Crippen LogP contribution in [-0.2, 0) is 0 Å². The molecule has 0 heterocycles. The van der Waals surface area contributed by atoms with Crippen LogP contribution >= 0.6 is 0 Å². The van der Waals surface area contributed by atoms with Gasteiger partial charge in [0.25, 0.3) is 12.1 Å². The van der Waals surface area contributed by atoms with E-state index in [2.05, 4.69) is 0 Å². The number of halogens is 2. The van der Waals surface area contributed by atoms with Gasteiger partial charge in [0.15, 0.2) is 6.29 Å². The fourth-order valence-corrected chi connectivity index (χ4v) is 1.18. The molecule has 4 nitrogen and oxygen atoms in total. The van der Waals surface area contributed by atoms with Crippen molar-refractivity contribution in [2.24, 2.45) is 0 Å². The molecule has 0 aromatic heterocycles. The maximum atomic E-state index is 12.3. The molecule has 6 heteroatoms. The van der Waals surface area contributed by atoms with E-state index >= 15 is 0 Å². The molecule has 0 N–H and O–H groups in total. The van der Waals surface area contributed by atoms with E-state index in [1.807, 2.05) is 0 Å². The van der Waals surface area contributed by atoms with Crippen molar-refractivity contribution in [3.63, 3.8) is 0 Å². The highest BCUT2D eigenvalue weighted by molar-refractivity contribution is 5.79. The summed E-state index contributed by atoms with van der Waals surface area (Å²) in [4.78, 5) is 20.2. The van der Waals surface area contributed by atoms with E-state index in [0.717, 1.165) is 12.1 Å². The number of carbonyl (C=O) groups excluding carboxylic acids is 1. The Hall–Kier alpha value is -1.85. The Balaban J connectivity index is 3.45. The first kappa shape index (κ1) is 11.2. The molecule has 80 valence electrons. The van der Waals surface area contributed by atoms with E-state index in [0.29, 0.717) is 6.29 Å². The van der Waals surface area contributed by atoms with Gasteiger partial charge in [0.2, 0.25) is 0 Å². The Morgan fingerprint density at radius 2 is 2.07 bits per heavy atom. The van der Waals surface area contributed by atoms with E-state index in [4.69, 9.17) is 0 Å². The van der Waals surface area contributed by atoms with Crippen LogP contribution < -0.4 is 0 Å². The molecule has 0 aliphatic heterocycles. The predicted molar refractivity (Wildman–Crippen MR) is 48.2 cm³/mol. The molecule has 0 bridgehead atoms. The van der Waals surface area contributed by atoms with Crippen molar-refractivity contribution >= 4 is 12.0 Å². The second-order valence-corrected chi connectivity index (χ2v) is 2.93. The molecule has 0 saturated heterocycles. The van der Waals surface area contributed by atoms with Crippen LogP contribution in [0.5, 0.6) is 0 Å². The largest absolute Gasteiger partial charge is 0.298 e. The number of carbonyl (C=O) groups is 1. The average molecular weight is 215 g/mol. The lowest BCUT2D eigenvalue weighted by molar-refractivity contribution is -0.385. The van der Waals surface area contributed by atoms with E-state index in [1.165, 1.54) is 6.92 Å². The number of benzene rings is 1. The minimum absolute atomic E-state index is 0.0838. The Kier molecular flexibility index (Phi) is 3.08. The number of aldehydes is 1. The highest BCUT2D eigenvalue weighted by Gasteiger charge is 2.19. The van der Waals surface area contributed by atoms with E-state index in [1.54, 1.807) is 0 Å². The third-order valence-corrected chi connectivity index (χ3v) is 2.02. The lowest BCUT2D eigenvalue weighted by Gasteiger charge is -2.04. The first-order valence-corrected chi connectivity index (χ1v) is 3.99. The van der Waals surface area contributed by atoms with Crippen molar-refractivity contribution in [1.82, 2.24) is 0 Å². The standard InChI is InChI=1S/C9H7F2NO3/c1-5-7(4-13)2-6(9(10)11)3-8(5)12(14)15/h2-4,9H,1H3. The van der Waals surface area contributed by atoms with Gasteiger partial charge < -0.3 is 0 Å². The summed E-state index contributed by atoms with van der Waals surface area (Å²) >= 11 is 0. The fraction of sp³-hybridized carbons (Fsp3) is 0.222. The summed E-state index contributed by atoms with van der Waals surface area (Å²) in [6, 6.07) is 1.74. The molecule has 0 radical (unpaired) electrons. The molecule has 15 heavy (non-hydrogen) atoms. The van der Waals surface area contributed by atoms with Crippen molar-refractivity contribution in [2.45, 2.75) is 13.3 Å². The molecule has 0 aliphatic rings. The first-order valence-electron chi connectivity index (χ1n) is 3.99. The maximum Gasteiger partial charge on any atom is 0.273 e. The van der Waals surface area contributed by atoms with Gasteiger partial charge in [-0.2, -0.15) is 0 Å². The number of nitro groups is 1. The molecule has 1 aromatic rings. The Morgan fingerprint density at radius 1 is 1.47 bits per heavy atom. The van der Waals surface area contributed by atoms with Crippen molar-refractivity contribution in [1.29, 1.82) is 0 Å². The summed E-state index contributed by atoms with van der Waals surface area (Å²) in [5, 5.41) is 10.5. The summed E-state index contributed by atoms with van der Waals surface area (Å²) < 4.78 is 24.6. The van der Waals surface area contributed by atoms with Crippen molar-refractivity contribution in [3.8, 4) is 0 Å². The van der Waals surface area contributed by atoms with E-state index in [9.17, 15) is 23.7 Å². The number of rotatable bonds is 3. The van der Waals surface area contributed by atoms with Crippen molar-refractivity contribution < 1.29 is 18.5 Å². The Morgan fingerprint density at radius 3 is 2.47 bits per heavy atom. The highest BCUT2D eigenvalue weighted by Crippen LogP contribution is 2.28. The van der Waals surface area contributed by atoms with Crippen molar-refractivity contribution in [3.05, 3.63) is 38.9 Å². The normalized spacial score (nSPS) is 10.4. The van der Waals surface area contributed by atoms with Gasteiger partial charge in [0.05, 0.1) is 4.92 Å². The number of nitro benzene ring substituents is 1. The van der Waals surface area contributed by atoms with E-state index < -0.39 is 22.6 Å². The number of alkyl halides is 2. The zero-order chi connectivity index (χ0) is 11.6. The SMILES string of the molecule is Cc1c(C=O)cc(C(F)F)cc1[N+](=O)[O-]. The molecule has 1 rings (SSSR count). The van der Waals surface area contributed by atoms with Gasteiger partial charge in [-0.25, -0.2) is 8.78 Å². The molecule has 0 unspecified atom stereocenters. The topological polar surface area (TPSA) is 60.2 Å². The van der Waals surface area contributed by atoms with Crippen LogP contribution in [0.2, 0.25) is 0 Å². The van der Waals surface area contributed by atoms with Crippen LogP contribution in [0.15, 0.2) is 12.1 Å². The minimum Gasteiger partial charge on any atom is -0.298 e. The lowest BCUT2D eigenvalue weighted by Crippen LogP contribution is -1.99. The van der Waals surface area contributed by atoms with Crippen LogP contribution in [0.1, 0.15) is 27.9 Å². The Labute approximate surface area is 83.7 Å². The molecule has 1 aromatic carbocycles. The first-order chi connectivity index (χ1) is 6.97. The molecule has 0 spiro atoms. The van der Waals surface area contributed by atoms with Gasteiger partial charge in [0, 0.05) is 22.8 Å². The monoisotopic (exact) mass is 215 g/mol. The van der Waals surface area contributed by atoms with Gasteiger partial charge in [-0.1, -0.05) is 0 Å². The summed E-state index contributed by atoms with van der Waals surface area (Å²) in [7, 11) is 0. The third-order valence-electron chi connectivity index (χ3n) is 2.02. The van der Waals surface area contributed by atoms with Gasteiger partial charge >= 0.3 is 0 Å². The third kappa shape index (κ3) is 2.15. The van der Waals surface area contributed by atoms with Crippen LogP contribution in [0, 0.1) is 17.0 Å². The summed E-state index contributed by atoms with van der Waals surface area (Å²) in [5.41, 5.74) is -0.969. The molecule has 0 aliphatic carbocycles. The van der Waals surface area contributed by atoms with Gasteiger partial charge in [0.1, 0.15) is 0 Å². The number of hydrogen-bond donors (Lipinski definition) is 0. The van der Waals surface area contributed by atoms with Crippen LogP contribution in [0.4, 0.5) is 14.5 Å². The fourth-order valence-electron chi connectivity index (χ4n) is 1.18. The van der Waals surface area contributed by atoms with Crippen LogP contribution in [-0.4, -0.2) is 11.2 Å². The number of nitrogens with zero attached hydrogens (tertiary/aromatic N) is 1. The van der Waals surface area contributed by atoms with Crippen molar-refractivity contribution in [2.75, 3.05) is 0 Å². The second-order valence-electron chi connectivity index (χ2n) is 2.93. The smallest absolute Gasteiger partial charge is 0.273 e. The molecule has 0 atom stereocenters. The summed E-state index contributed by atoms with van der Waals surface area (Å²) in [6.45, 7) is 1.34. The van der Waals surface area contributed by atoms with Gasteiger partial charge in [-0.15, -0.1) is 0 Å². The Bertz CT molecular complexity index is 418. The molecule has 0 saturated carbocycles. The summed E-state index contributed by atoms with van der Waals surface area (Å²) in [5.74, 6) is 0. The van der Waals surface area contributed by atoms with E-state index in [-0.39, 0.29) is 11.1 Å². The number of hydrogen-bond acceptors (Lipinski definition) is 3. The molecular formula is C9H7F2NO3. The average Bonchev–Trinajstić information content (AvgIpc) is 2.17. The van der Waals surface area contributed by atoms with Crippen LogP contribution in [0.3, 0.4) is 0 Å². The maximum absolute atomic E-state index is 12.3. The molecule has 0 fully saturated rings. The second kappa shape index (κ2) is 4.12. The quantitative estimate of drug-likeness (QED) is 0.442. The highest BCUT2D eigenvalue weighted by atomic mass is 19.3. The van der Waals surface area contributed by atoms with Gasteiger partial charge in [-0.05, 0) is 13.0 Å². The van der Waals surface area contributed by atoms with Crippen LogP contribution in [0.25, 0.3) is 0 Å². The molecule has 0 amide bonds. The summed E-state index contributed by atoms with van der Waals surface area (Å²) in [6.07, 6.45) is -2.50.